The van der Waals surface area contributed by atoms with Gasteiger partial charge in [0.1, 0.15) is 11.3 Å². The summed E-state index contributed by atoms with van der Waals surface area (Å²) in [6, 6.07) is 5.11. The lowest BCUT2D eigenvalue weighted by molar-refractivity contribution is 0.0884. The summed E-state index contributed by atoms with van der Waals surface area (Å²) in [7, 11) is 1.46. The van der Waals surface area contributed by atoms with E-state index in [4.69, 9.17) is 10.5 Å². The Labute approximate surface area is 87.0 Å². The van der Waals surface area contributed by atoms with Crippen molar-refractivity contribution in [3.8, 4) is 5.75 Å². The van der Waals surface area contributed by atoms with E-state index in [1.54, 1.807) is 18.2 Å². The molecule has 1 atom stereocenters. The van der Waals surface area contributed by atoms with Crippen molar-refractivity contribution >= 4 is 0 Å². The van der Waals surface area contributed by atoms with Gasteiger partial charge in [-0.05, 0) is 18.6 Å². The lowest BCUT2D eigenvalue weighted by Gasteiger charge is -2.15. The summed E-state index contributed by atoms with van der Waals surface area (Å²) in [6.45, 7) is 1.88. The molecule has 1 saturated carbocycles. The van der Waals surface area contributed by atoms with Crippen LogP contribution in [0.5, 0.6) is 5.75 Å². The maximum atomic E-state index is 13.1. The minimum absolute atomic E-state index is 0.306. The van der Waals surface area contributed by atoms with Crippen LogP contribution < -0.4 is 10.5 Å². The smallest absolute Gasteiger partial charge is 0.272 e. The first kappa shape index (κ1) is 10.4. The molecule has 4 heteroatoms. The largest absolute Gasteiger partial charge is 0.496 e. The van der Waals surface area contributed by atoms with Gasteiger partial charge in [0, 0.05) is 12.0 Å². The van der Waals surface area contributed by atoms with E-state index in [9.17, 15) is 8.78 Å². The maximum Gasteiger partial charge on any atom is 0.272 e. The summed E-state index contributed by atoms with van der Waals surface area (Å²) < 4.78 is 31.3. The minimum Gasteiger partial charge on any atom is -0.496 e. The lowest BCUT2D eigenvalue weighted by Crippen LogP contribution is -2.27. The molecule has 2 N–H and O–H groups in total. The van der Waals surface area contributed by atoms with Crippen molar-refractivity contribution in [1.29, 1.82) is 0 Å². The van der Waals surface area contributed by atoms with Gasteiger partial charge in [-0.3, -0.25) is 0 Å². The summed E-state index contributed by atoms with van der Waals surface area (Å²) in [5.41, 5.74) is 5.46. The fraction of sp³-hybridized carbons (Fsp3) is 0.455. The number of methoxy groups -OCH3 is 1. The highest BCUT2D eigenvalue weighted by Gasteiger charge is 2.70. The Balaban J connectivity index is 2.46. The molecular weight excluding hydrogens is 200 g/mol. The van der Waals surface area contributed by atoms with E-state index in [2.05, 4.69) is 0 Å². The SMILES string of the molecule is COc1cc(C)ccc1C1(N)CC1(F)F. The maximum absolute atomic E-state index is 13.1. The van der Waals surface area contributed by atoms with Crippen LogP contribution in [0.3, 0.4) is 0 Å². The van der Waals surface area contributed by atoms with Crippen molar-refractivity contribution < 1.29 is 13.5 Å². The number of halogens is 2. The van der Waals surface area contributed by atoms with Crippen molar-refractivity contribution in [2.24, 2.45) is 5.73 Å². The molecule has 1 fully saturated rings. The highest BCUT2D eigenvalue weighted by Crippen LogP contribution is 2.59. The van der Waals surface area contributed by atoms with E-state index in [0.29, 0.717) is 11.3 Å². The van der Waals surface area contributed by atoms with Crippen molar-refractivity contribution in [1.82, 2.24) is 0 Å². The number of alkyl halides is 2. The molecule has 1 aromatic carbocycles. The normalized spacial score (nSPS) is 27.5. The molecule has 0 heterocycles. The predicted octanol–water partition coefficient (Wildman–Crippen LogP) is 2.20. The van der Waals surface area contributed by atoms with Gasteiger partial charge in [-0.1, -0.05) is 12.1 Å². The van der Waals surface area contributed by atoms with Crippen LogP contribution in [0.4, 0.5) is 8.78 Å². The molecule has 82 valence electrons. The van der Waals surface area contributed by atoms with E-state index in [1.807, 2.05) is 6.92 Å². The number of hydrogen-bond donors (Lipinski definition) is 1. The van der Waals surface area contributed by atoms with Crippen LogP contribution in [-0.4, -0.2) is 13.0 Å². The van der Waals surface area contributed by atoms with E-state index in [0.717, 1.165) is 5.56 Å². The van der Waals surface area contributed by atoms with Gasteiger partial charge in [-0.25, -0.2) is 8.78 Å². The van der Waals surface area contributed by atoms with Gasteiger partial charge in [0.05, 0.1) is 7.11 Å². The monoisotopic (exact) mass is 213 g/mol. The molecule has 1 aliphatic rings. The predicted molar refractivity (Wildman–Crippen MR) is 53.2 cm³/mol. The second-order valence-corrected chi connectivity index (χ2v) is 4.06. The standard InChI is InChI=1S/C11H13F2NO/c1-7-3-4-8(9(5-7)15-2)10(14)6-11(10,12)13/h3-5H,6,14H2,1-2H3. The summed E-state index contributed by atoms with van der Waals surface area (Å²) in [4.78, 5) is 0. The second kappa shape index (κ2) is 2.92. The first-order valence-electron chi connectivity index (χ1n) is 4.72. The molecule has 2 rings (SSSR count). The Bertz CT molecular complexity index is 406. The molecule has 1 aliphatic carbocycles. The first-order chi connectivity index (χ1) is 6.90. The zero-order chi connectivity index (χ0) is 11.3. The van der Waals surface area contributed by atoms with Crippen molar-refractivity contribution in [2.45, 2.75) is 24.8 Å². The average Bonchev–Trinajstić information content (AvgIpc) is 2.66. The van der Waals surface area contributed by atoms with Crippen LogP contribution in [0.1, 0.15) is 17.5 Å². The number of benzene rings is 1. The molecular formula is C11H13F2NO. The zero-order valence-corrected chi connectivity index (χ0v) is 8.68. The zero-order valence-electron chi connectivity index (χ0n) is 8.68. The van der Waals surface area contributed by atoms with Crippen LogP contribution in [-0.2, 0) is 5.54 Å². The number of nitrogens with two attached hydrogens (primary N) is 1. The first-order valence-corrected chi connectivity index (χ1v) is 4.72. The Morgan fingerprint density at radius 3 is 2.47 bits per heavy atom. The summed E-state index contributed by atoms with van der Waals surface area (Å²) >= 11 is 0. The molecule has 0 radical (unpaired) electrons. The lowest BCUT2D eigenvalue weighted by atomic mass is 10.0. The Morgan fingerprint density at radius 2 is 2.00 bits per heavy atom. The summed E-state index contributed by atoms with van der Waals surface area (Å²) in [6.07, 6.45) is -0.306. The van der Waals surface area contributed by atoms with E-state index in [-0.39, 0.29) is 6.42 Å². The fourth-order valence-corrected chi connectivity index (χ4v) is 1.77. The van der Waals surface area contributed by atoms with Gasteiger partial charge < -0.3 is 10.5 Å². The third-order valence-corrected chi connectivity index (χ3v) is 2.87. The van der Waals surface area contributed by atoms with E-state index >= 15 is 0 Å². The number of hydrogen-bond acceptors (Lipinski definition) is 2. The molecule has 15 heavy (non-hydrogen) atoms. The van der Waals surface area contributed by atoms with E-state index in [1.165, 1.54) is 7.11 Å². The van der Waals surface area contributed by atoms with Crippen molar-refractivity contribution in [2.75, 3.05) is 7.11 Å². The van der Waals surface area contributed by atoms with Crippen LogP contribution in [0.25, 0.3) is 0 Å². The molecule has 2 nitrogen and oxygen atoms in total. The third kappa shape index (κ3) is 1.40. The molecule has 0 aromatic heterocycles. The Morgan fingerprint density at radius 1 is 1.40 bits per heavy atom. The molecule has 0 aliphatic heterocycles. The molecule has 0 saturated heterocycles. The van der Waals surface area contributed by atoms with Gasteiger partial charge in [-0.15, -0.1) is 0 Å². The van der Waals surface area contributed by atoms with Crippen LogP contribution in [0, 0.1) is 6.92 Å². The van der Waals surface area contributed by atoms with Gasteiger partial charge in [0.2, 0.25) is 0 Å². The Kier molecular flexibility index (Phi) is 2.01. The van der Waals surface area contributed by atoms with Crippen LogP contribution in [0.2, 0.25) is 0 Å². The average molecular weight is 213 g/mol. The fourth-order valence-electron chi connectivity index (χ4n) is 1.77. The van der Waals surface area contributed by atoms with Crippen molar-refractivity contribution in [3.05, 3.63) is 29.3 Å². The second-order valence-electron chi connectivity index (χ2n) is 4.06. The van der Waals surface area contributed by atoms with Gasteiger partial charge in [0.15, 0.2) is 0 Å². The third-order valence-electron chi connectivity index (χ3n) is 2.87. The molecule has 0 spiro atoms. The quantitative estimate of drug-likeness (QED) is 0.817. The van der Waals surface area contributed by atoms with Crippen LogP contribution >= 0.6 is 0 Å². The van der Waals surface area contributed by atoms with E-state index < -0.39 is 11.5 Å². The van der Waals surface area contributed by atoms with Gasteiger partial charge in [0.25, 0.3) is 5.92 Å². The molecule has 1 unspecified atom stereocenters. The van der Waals surface area contributed by atoms with Gasteiger partial charge >= 0.3 is 0 Å². The number of rotatable bonds is 2. The highest BCUT2D eigenvalue weighted by atomic mass is 19.3. The molecule has 1 aromatic rings. The summed E-state index contributed by atoms with van der Waals surface area (Å²) in [5, 5.41) is 0. The van der Waals surface area contributed by atoms with Gasteiger partial charge in [-0.2, -0.15) is 0 Å². The minimum atomic E-state index is -2.81. The molecule has 0 bridgehead atoms. The number of ether oxygens (including phenoxy) is 1. The Hall–Kier alpha value is -1.16. The van der Waals surface area contributed by atoms with Crippen LogP contribution in [0.15, 0.2) is 18.2 Å². The summed E-state index contributed by atoms with van der Waals surface area (Å²) in [5.74, 6) is -2.37. The number of aryl methyl sites for hydroxylation is 1. The molecule has 0 amide bonds. The highest BCUT2D eigenvalue weighted by molar-refractivity contribution is 5.47. The van der Waals surface area contributed by atoms with Crippen molar-refractivity contribution in [3.63, 3.8) is 0 Å². The topological polar surface area (TPSA) is 35.2 Å².